The van der Waals surface area contributed by atoms with E-state index < -0.39 is 0 Å². The predicted octanol–water partition coefficient (Wildman–Crippen LogP) is 1.75. The van der Waals surface area contributed by atoms with Crippen LogP contribution in [0.25, 0.3) is 0 Å². The molecule has 0 radical (unpaired) electrons. The maximum atomic E-state index is 11.8. The number of nitrogens with one attached hydrogen (secondary N) is 2. The van der Waals surface area contributed by atoms with Gasteiger partial charge in [-0.1, -0.05) is 6.92 Å². The fourth-order valence-electron chi connectivity index (χ4n) is 1.36. The molecule has 17 heavy (non-hydrogen) atoms. The highest BCUT2D eigenvalue weighted by molar-refractivity contribution is 5.93. The Morgan fingerprint density at radius 2 is 2.12 bits per heavy atom. The van der Waals surface area contributed by atoms with Crippen molar-refractivity contribution in [3.8, 4) is 0 Å². The molecule has 0 spiro atoms. The first-order valence-electron chi connectivity index (χ1n) is 5.93. The molecule has 1 aromatic rings. The van der Waals surface area contributed by atoms with Crippen molar-refractivity contribution in [2.24, 2.45) is 0 Å². The molecule has 0 bridgehead atoms. The molecular weight excluding hydrogens is 216 g/mol. The smallest absolute Gasteiger partial charge is 0.270 e. The molecule has 5 heteroatoms. The van der Waals surface area contributed by atoms with Crippen LogP contribution in [0.1, 0.15) is 43.5 Å². The molecule has 0 aromatic carbocycles. The van der Waals surface area contributed by atoms with E-state index >= 15 is 0 Å². The number of hydrogen-bond acceptors (Lipinski definition) is 4. The summed E-state index contributed by atoms with van der Waals surface area (Å²) in [6.07, 6.45) is 1.01. The van der Waals surface area contributed by atoms with E-state index in [1.165, 1.54) is 0 Å². The van der Waals surface area contributed by atoms with Crippen LogP contribution < -0.4 is 10.6 Å². The molecular formula is C12H20N4O. The van der Waals surface area contributed by atoms with Crippen LogP contribution in [0.3, 0.4) is 0 Å². The van der Waals surface area contributed by atoms with E-state index in [2.05, 4.69) is 27.5 Å². The Morgan fingerprint density at radius 1 is 1.41 bits per heavy atom. The van der Waals surface area contributed by atoms with Crippen LogP contribution in [-0.4, -0.2) is 28.5 Å². The van der Waals surface area contributed by atoms with Crippen LogP contribution in [-0.2, 0) is 0 Å². The Bertz CT molecular complexity index is 390. The van der Waals surface area contributed by atoms with Crippen molar-refractivity contribution >= 4 is 11.7 Å². The second-order valence-electron chi connectivity index (χ2n) is 4.24. The second-order valence-corrected chi connectivity index (χ2v) is 4.24. The molecule has 1 aromatic heterocycles. The van der Waals surface area contributed by atoms with Crippen LogP contribution in [0, 0.1) is 6.92 Å². The van der Waals surface area contributed by atoms with Gasteiger partial charge in [-0.2, -0.15) is 0 Å². The fourth-order valence-corrected chi connectivity index (χ4v) is 1.36. The Kier molecular flexibility index (Phi) is 4.87. The van der Waals surface area contributed by atoms with Crippen LogP contribution in [0.4, 0.5) is 5.82 Å². The normalized spacial score (nSPS) is 10.4. The van der Waals surface area contributed by atoms with Gasteiger partial charge in [0.25, 0.3) is 5.91 Å². The maximum absolute atomic E-state index is 11.8. The Hall–Kier alpha value is -1.65. The zero-order valence-corrected chi connectivity index (χ0v) is 10.9. The molecule has 0 saturated carbocycles. The number of aryl methyl sites for hydroxylation is 1. The van der Waals surface area contributed by atoms with Gasteiger partial charge in [0.15, 0.2) is 0 Å². The molecule has 0 aliphatic heterocycles. The van der Waals surface area contributed by atoms with Crippen LogP contribution in [0.2, 0.25) is 0 Å². The van der Waals surface area contributed by atoms with E-state index in [1.54, 1.807) is 13.0 Å². The highest BCUT2D eigenvalue weighted by Crippen LogP contribution is 2.07. The number of nitrogens with zero attached hydrogens (tertiary/aromatic N) is 2. The summed E-state index contributed by atoms with van der Waals surface area (Å²) in [7, 11) is 0. The van der Waals surface area contributed by atoms with Gasteiger partial charge in [-0.3, -0.25) is 4.79 Å². The molecule has 1 heterocycles. The molecule has 0 saturated heterocycles. The molecule has 1 amide bonds. The van der Waals surface area contributed by atoms with Crippen molar-refractivity contribution < 1.29 is 4.79 Å². The summed E-state index contributed by atoms with van der Waals surface area (Å²) in [5.74, 6) is 1.14. The molecule has 0 fully saturated rings. The molecule has 0 atom stereocenters. The summed E-state index contributed by atoms with van der Waals surface area (Å²) in [5.41, 5.74) is 0.407. The minimum absolute atomic E-state index is 0.102. The lowest BCUT2D eigenvalue weighted by atomic mass is 10.3. The van der Waals surface area contributed by atoms with Crippen LogP contribution >= 0.6 is 0 Å². The molecule has 0 aliphatic rings. The van der Waals surface area contributed by atoms with Gasteiger partial charge in [0.2, 0.25) is 0 Å². The Balaban J connectivity index is 2.84. The molecule has 0 aliphatic carbocycles. The maximum Gasteiger partial charge on any atom is 0.270 e. The Morgan fingerprint density at radius 3 is 2.71 bits per heavy atom. The summed E-state index contributed by atoms with van der Waals surface area (Å²) in [4.78, 5) is 20.2. The van der Waals surface area contributed by atoms with E-state index in [0.29, 0.717) is 17.3 Å². The van der Waals surface area contributed by atoms with Gasteiger partial charge in [0, 0.05) is 18.7 Å². The minimum atomic E-state index is -0.162. The summed E-state index contributed by atoms with van der Waals surface area (Å²) in [6, 6.07) is 1.78. The number of rotatable bonds is 5. The van der Waals surface area contributed by atoms with Gasteiger partial charge < -0.3 is 10.6 Å². The number of carbonyl (C=O) groups excluding carboxylic acids is 1. The molecule has 2 N–H and O–H groups in total. The van der Waals surface area contributed by atoms with Crippen LogP contribution in [0.15, 0.2) is 6.07 Å². The monoisotopic (exact) mass is 236 g/mol. The van der Waals surface area contributed by atoms with Crippen LogP contribution in [0.5, 0.6) is 0 Å². The summed E-state index contributed by atoms with van der Waals surface area (Å²) < 4.78 is 0. The number of carbonyl (C=O) groups is 1. The lowest BCUT2D eigenvalue weighted by Gasteiger charge is -2.10. The number of anilines is 1. The van der Waals surface area contributed by atoms with E-state index in [0.717, 1.165) is 13.0 Å². The van der Waals surface area contributed by atoms with Crippen molar-refractivity contribution in [2.75, 3.05) is 11.9 Å². The number of aromatic nitrogens is 2. The topological polar surface area (TPSA) is 66.9 Å². The molecule has 1 rings (SSSR count). The zero-order valence-electron chi connectivity index (χ0n) is 10.9. The quantitative estimate of drug-likeness (QED) is 0.817. The standard InChI is InChI=1S/C12H20N4O/c1-5-6-13-11-7-10(15-9(4)16-11)12(17)14-8(2)3/h7-8H,5-6H2,1-4H3,(H,14,17)(H,13,15,16). The summed E-state index contributed by atoms with van der Waals surface area (Å²) in [5, 5.41) is 5.97. The number of hydrogen-bond donors (Lipinski definition) is 2. The molecule has 5 nitrogen and oxygen atoms in total. The van der Waals surface area contributed by atoms with Gasteiger partial charge in [-0.15, -0.1) is 0 Å². The van der Waals surface area contributed by atoms with Crippen molar-refractivity contribution in [3.63, 3.8) is 0 Å². The second kappa shape index (κ2) is 6.18. The van der Waals surface area contributed by atoms with E-state index in [-0.39, 0.29) is 11.9 Å². The lowest BCUT2D eigenvalue weighted by Crippen LogP contribution is -2.31. The first-order chi connectivity index (χ1) is 8.02. The molecule has 0 unspecified atom stereocenters. The number of amides is 1. The van der Waals surface area contributed by atoms with Gasteiger partial charge in [0.05, 0.1) is 0 Å². The summed E-state index contributed by atoms with van der Waals surface area (Å²) >= 11 is 0. The van der Waals surface area contributed by atoms with Crippen molar-refractivity contribution in [1.29, 1.82) is 0 Å². The van der Waals surface area contributed by atoms with Gasteiger partial charge in [-0.25, -0.2) is 9.97 Å². The van der Waals surface area contributed by atoms with Crippen molar-refractivity contribution in [3.05, 3.63) is 17.6 Å². The highest BCUT2D eigenvalue weighted by atomic mass is 16.1. The largest absolute Gasteiger partial charge is 0.370 e. The third kappa shape index (κ3) is 4.38. The van der Waals surface area contributed by atoms with Gasteiger partial charge in [0.1, 0.15) is 17.3 Å². The predicted molar refractivity (Wildman–Crippen MR) is 68.2 cm³/mol. The lowest BCUT2D eigenvalue weighted by molar-refractivity contribution is 0.0937. The van der Waals surface area contributed by atoms with E-state index in [9.17, 15) is 4.79 Å². The molecule has 94 valence electrons. The van der Waals surface area contributed by atoms with Gasteiger partial charge in [-0.05, 0) is 27.2 Å². The summed E-state index contributed by atoms with van der Waals surface area (Å²) in [6.45, 7) is 8.53. The van der Waals surface area contributed by atoms with E-state index in [4.69, 9.17) is 0 Å². The average molecular weight is 236 g/mol. The highest BCUT2D eigenvalue weighted by Gasteiger charge is 2.10. The Labute approximate surface area is 102 Å². The van der Waals surface area contributed by atoms with Crippen molar-refractivity contribution in [2.45, 2.75) is 40.2 Å². The third-order valence-electron chi connectivity index (χ3n) is 2.05. The average Bonchev–Trinajstić information content (AvgIpc) is 2.24. The SMILES string of the molecule is CCCNc1cc(C(=O)NC(C)C)nc(C)n1. The van der Waals surface area contributed by atoms with E-state index in [1.807, 2.05) is 13.8 Å². The fraction of sp³-hybridized carbons (Fsp3) is 0.583. The third-order valence-corrected chi connectivity index (χ3v) is 2.05. The first kappa shape index (κ1) is 13.4. The first-order valence-corrected chi connectivity index (χ1v) is 5.93. The van der Waals surface area contributed by atoms with Crippen molar-refractivity contribution in [1.82, 2.24) is 15.3 Å². The zero-order chi connectivity index (χ0) is 12.8. The van der Waals surface area contributed by atoms with Gasteiger partial charge >= 0.3 is 0 Å². The minimum Gasteiger partial charge on any atom is -0.370 e.